The number of aromatic nitrogens is 1. The molecular weight excluding hydrogens is 402 g/mol. The fourth-order valence-corrected chi connectivity index (χ4v) is 6.03. The summed E-state index contributed by atoms with van der Waals surface area (Å²) < 4.78 is 27.4. The maximum absolute atomic E-state index is 13.2. The van der Waals surface area contributed by atoms with E-state index in [9.17, 15) is 18.3 Å². The highest BCUT2D eigenvalue weighted by molar-refractivity contribution is 7.89. The Hall–Kier alpha value is -2.84. The first-order valence-electron chi connectivity index (χ1n) is 10.2. The molecule has 0 bridgehead atoms. The zero-order chi connectivity index (χ0) is 20.9. The summed E-state index contributed by atoms with van der Waals surface area (Å²) in [5, 5.41) is 10.4. The molecule has 0 spiro atoms. The number of nitrogens with zero attached hydrogens (tertiary/aromatic N) is 2. The van der Waals surface area contributed by atoms with Gasteiger partial charge in [0.2, 0.25) is 10.0 Å². The van der Waals surface area contributed by atoms with E-state index < -0.39 is 22.0 Å². The van der Waals surface area contributed by atoms with Crippen LogP contribution in [0, 0.1) is 0 Å². The molecule has 1 unspecified atom stereocenters. The molecule has 30 heavy (non-hydrogen) atoms. The minimum Gasteiger partial charge on any atom is -0.480 e. The number of fused-ring (bicyclic) bond motifs is 1. The number of carboxylic acid groups (broad SMARTS) is 1. The topological polar surface area (TPSA) is 93.7 Å². The Balaban J connectivity index is 1.62. The van der Waals surface area contributed by atoms with Gasteiger partial charge >= 0.3 is 5.97 Å². The number of carbonyl (C=O) groups is 1. The lowest BCUT2D eigenvalue weighted by atomic mass is 10.1. The lowest BCUT2D eigenvalue weighted by Gasteiger charge is -2.36. The molecule has 2 aromatic carbocycles. The number of para-hydroxylation sites is 1. The second-order valence-electron chi connectivity index (χ2n) is 7.90. The van der Waals surface area contributed by atoms with Crippen molar-refractivity contribution in [1.29, 1.82) is 0 Å². The number of aromatic amines is 1. The number of benzene rings is 2. The molecule has 1 atom stereocenters. The summed E-state index contributed by atoms with van der Waals surface area (Å²) in [7, 11) is -3.88. The largest absolute Gasteiger partial charge is 0.480 e. The first-order chi connectivity index (χ1) is 14.4. The fourth-order valence-electron chi connectivity index (χ4n) is 4.38. The summed E-state index contributed by atoms with van der Waals surface area (Å²) in [5.74, 6) is -1.10. The number of rotatable bonds is 5. The van der Waals surface area contributed by atoms with E-state index in [4.69, 9.17) is 0 Å². The Morgan fingerprint density at radius 2 is 1.80 bits per heavy atom. The van der Waals surface area contributed by atoms with Crippen molar-refractivity contribution in [3.05, 3.63) is 48.5 Å². The van der Waals surface area contributed by atoms with E-state index in [2.05, 4.69) is 9.88 Å². The van der Waals surface area contributed by atoms with E-state index >= 15 is 0 Å². The zero-order valence-corrected chi connectivity index (χ0v) is 17.2. The third-order valence-electron chi connectivity index (χ3n) is 6.10. The molecule has 0 aliphatic carbocycles. The van der Waals surface area contributed by atoms with E-state index in [1.54, 1.807) is 12.1 Å². The minimum absolute atomic E-state index is 0.130. The number of hydrogen-bond acceptors (Lipinski definition) is 4. The monoisotopic (exact) mass is 425 g/mol. The Bertz CT molecular complexity index is 1200. The van der Waals surface area contributed by atoms with E-state index in [0.717, 1.165) is 58.1 Å². The van der Waals surface area contributed by atoms with Gasteiger partial charge in [0.25, 0.3) is 0 Å². The second kappa shape index (κ2) is 7.14. The summed E-state index contributed by atoms with van der Waals surface area (Å²) in [4.78, 5) is 17.2. The molecule has 156 valence electrons. The van der Waals surface area contributed by atoms with Gasteiger partial charge in [0.1, 0.15) is 6.04 Å². The average Bonchev–Trinajstić information content (AvgIpc) is 3.35. The van der Waals surface area contributed by atoms with Gasteiger partial charge in [-0.05, 0) is 49.6 Å². The van der Waals surface area contributed by atoms with Crippen LogP contribution in [0.2, 0.25) is 0 Å². The highest BCUT2D eigenvalue weighted by Crippen LogP contribution is 2.37. The third-order valence-corrected chi connectivity index (χ3v) is 8.00. The SMILES string of the molecule is O=C(O)C1CCN1S(=O)(=O)c1ccc(N2CCCC2)c(-c2cc3ccccc3[nH]2)c1. The van der Waals surface area contributed by atoms with Crippen LogP contribution in [0.3, 0.4) is 0 Å². The van der Waals surface area contributed by atoms with Crippen LogP contribution in [-0.4, -0.2) is 54.5 Å². The molecule has 2 saturated heterocycles. The molecular formula is C22H23N3O4S. The summed E-state index contributed by atoms with van der Waals surface area (Å²) >= 11 is 0. The summed E-state index contributed by atoms with van der Waals surface area (Å²) in [5.41, 5.74) is 3.66. The number of nitrogens with one attached hydrogen (secondary N) is 1. The van der Waals surface area contributed by atoms with Gasteiger partial charge in [-0.2, -0.15) is 4.31 Å². The molecule has 2 fully saturated rings. The lowest BCUT2D eigenvalue weighted by Crippen LogP contribution is -2.54. The van der Waals surface area contributed by atoms with Gasteiger partial charge < -0.3 is 15.0 Å². The third kappa shape index (κ3) is 3.07. The molecule has 2 aliphatic rings. The number of aliphatic carboxylic acids is 1. The molecule has 0 radical (unpaired) electrons. The standard InChI is InChI=1S/C22H23N3O4S/c26-22(27)21-9-12-25(21)30(28,29)16-7-8-20(24-10-3-4-11-24)17(14-16)19-13-15-5-1-2-6-18(15)23-19/h1-2,5-8,13-14,21,23H,3-4,9-12H2,(H,26,27). The van der Waals surface area contributed by atoms with Crippen LogP contribution in [-0.2, 0) is 14.8 Å². The van der Waals surface area contributed by atoms with Gasteiger partial charge in [-0.3, -0.25) is 4.79 Å². The van der Waals surface area contributed by atoms with Crippen molar-refractivity contribution in [2.45, 2.75) is 30.2 Å². The molecule has 2 N–H and O–H groups in total. The Morgan fingerprint density at radius 3 is 2.47 bits per heavy atom. The van der Waals surface area contributed by atoms with Gasteiger partial charge in [0.05, 0.1) is 4.90 Å². The quantitative estimate of drug-likeness (QED) is 0.654. The van der Waals surface area contributed by atoms with Crippen LogP contribution in [0.4, 0.5) is 5.69 Å². The average molecular weight is 426 g/mol. The number of sulfonamides is 1. The van der Waals surface area contributed by atoms with Crippen LogP contribution < -0.4 is 4.90 Å². The van der Waals surface area contributed by atoms with E-state index in [0.29, 0.717) is 6.42 Å². The molecule has 3 aromatic rings. The van der Waals surface area contributed by atoms with Gasteiger partial charge in [0.15, 0.2) is 0 Å². The summed E-state index contributed by atoms with van der Waals surface area (Å²) in [6.45, 7) is 2.11. The predicted molar refractivity (Wildman–Crippen MR) is 115 cm³/mol. The van der Waals surface area contributed by atoms with Crippen molar-refractivity contribution < 1.29 is 18.3 Å². The first-order valence-corrected chi connectivity index (χ1v) is 11.6. The molecule has 7 nitrogen and oxygen atoms in total. The lowest BCUT2D eigenvalue weighted by molar-refractivity contribution is -0.144. The highest BCUT2D eigenvalue weighted by atomic mass is 32.2. The van der Waals surface area contributed by atoms with Gasteiger partial charge in [-0.25, -0.2) is 8.42 Å². The molecule has 0 amide bonds. The molecule has 0 saturated carbocycles. The fraction of sp³-hybridized carbons (Fsp3) is 0.318. The van der Waals surface area contributed by atoms with Crippen LogP contribution in [0.5, 0.6) is 0 Å². The molecule has 2 aliphatic heterocycles. The maximum atomic E-state index is 13.2. The highest BCUT2D eigenvalue weighted by Gasteiger charge is 2.43. The molecule has 1 aromatic heterocycles. The van der Waals surface area contributed by atoms with Gasteiger partial charge in [0, 0.05) is 47.5 Å². The summed E-state index contributed by atoms with van der Waals surface area (Å²) in [6, 6.07) is 14.1. The van der Waals surface area contributed by atoms with Crippen LogP contribution in [0.25, 0.3) is 22.2 Å². The first kappa shape index (κ1) is 19.1. The zero-order valence-electron chi connectivity index (χ0n) is 16.4. The summed E-state index contributed by atoms with van der Waals surface area (Å²) in [6.07, 6.45) is 2.57. The number of H-pyrrole nitrogens is 1. The van der Waals surface area contributed by atoms with Crippen LogP contribution in [0.1, 0.15) is 19.3 Å². The van der Waals surface area contributed by atoms with E-state index in [1.165, 1.54) is 0 Å². The van der Waals surface area contributed by atoms with Crippen molar-refractivity contribution >= 4 is 32.6 Å². The van der Waals surface area contributed by atoms with E-state index in [1.807, 2.05) is 36.4 Å². The molecule has 8 heteroatoms. The second-order valence-corrected chi connectivity index (χ2v) is 9.79. The maximum Gasteiger partial charge on any atom is 0.322 e. The van der Waals surface area contributed by atoms with Crippen molar-refractivity contribution in [2.75, 3.05) is 24.5 Å². The van der Waals surface area contributed by atoms with Gasteiger partial charge in [-0.1, -0.05) is 18.2 Å². The van der Waals surface area contributed by atoms with Crippen molar-refractivity contribution in [3.63, 3.8) is 0 Å². The normalized spacial score (nSPS) is 19.9. The van der Waals surface area contributed by atoms with Crippen LogP contribution >= 0.6 is 0 Å². The van der Waals surface area contributed by atoms with Crippen molar-refractivity contribution in [3.8, 4) is 11.3 Å². The van der Waals surface area contributed by atoms with E-state index in [-0.39, 0.29) is 11.4 Å². The molecule has 5 rings (SSSR count). The Labute approximate surface area is 175 Å². The molecule has 3 heterocycles. The van der Waals surface area contributed by atoms with Gasteiger partial charge in [-0.15, -0.1) is 0 Å². The van der Waals surface area contributed by atoms with Crippen LogP contribution in [0.15, 0.2) is 53.4 Å². The number of hydrogen-bond donors (Lipinski definition) is 2. The Kier molecular flexibility index (Phi) is 4.56. The predicted octanol–water partition coefficient (Wildman–Crippen LogP) is 3.28. The minimum atomic E-state index is -3.88. The van der Waals surface area contributed by atoms with Crippen molar-refractivity contribution in [2.24, 2.45) is 0 Å². The smallest absolute Gasteiger partial charge is 0.322 e. The number of anilines is 1. The van der Waals surface area contributed by atoms with Crippen molar-refractivity contribution in [1.82, 2.24) is 9.29 Å². The number of carboxylic acids is 1. The Morgan fingerprint density at radius 1 is 1.03 bits per heavy atom.